The molecule has 0 saturated carbocycles. The second kappa shape index (κ2) is 4.84. The largest absolute Gasteiger partial charge is 0.370 e. The van der Waals surface area contributed by atoms with Crippen LogP contribution in [0.3, 0.4) is 0 Å². The fourth-order valence-corrected chi connectivity index (χ4v) is 2.59. The summed E-state index contributed by atoms with van der Waals surface area (Å²) in [4.78, 5) is 0. The molecule has 0 radical (unpaired) electrons. The van der Waals surface area contributed by atoms with Gasteiger partial charge in [0.2, 0.25) is 0 Å². The average molecular weight is 288 g/mol. The van der Waals surface area contributed by atoms with E-state index in [1.807, 2.05) is 0 Å². The van der Waals surface area contributed by atoms with Gasteiger partial charge in [-0.05, 0) is 26.2 Å². The van der Waals surface area contributed by atoms with Gasteiger partial charge in [0.25, 0.3) is 0 Å². The summed E-state index contributed by atoms with van der Waals surface area (Å²) in [5.41, 5.74) is 0. The first-order valence-corrected chi connectivity index (χ1v) is 6.88. The molecule has 0 aliphatic carbocycles. The van der Waals surface area contributed by atoms with Gasteiger partial charge in [0.05, 0.1) is 5.33 Å². The molecule has 2 unspecified atom stereocenters. The van der Waals surface area contributed by atoms with Gasteiger partial charge in [0.1, 0.15) is 11.9 Å². The van der Waals surface area contributed by atoms with Crippen molar-refractivity contribution in [2.24, 2.45) is 5.92 Å². The van der Waals surface area contributed by atoms with Crippen molar-refractivity contribution < 1.29 is 4.74 Å². The molecule has 1 aliphatic heterocycles. The van der Waals surface area contributed by atoms with Gasteiger partial charge in [0.15, 0.2) is 5.82 Å². The predicted molar refractivity (Wildman–Crippen MR) is 65.5 cm³/mol. The quantitative estimate of drug-likeness (QED) is 0.803. The summed E-state index contributed by atoms with van der Waals surface area (Å²) >= 11 is 3.45. The van der Waals surface area contributed by atoms with Crippen molar-refractivity contribution in [3.63, 3.8) is 0 Å². The minimum Gasteiger partial charge on any atom is -0.370 e. The van der Waals surface area contributed by atoms with Gasteiger partial charge in [-0.1, -0.05) is 22.9 Å². The molecule has 5 heteroatoms. The monoisotopic (exact) mass is 287 g/mol. The van der Waals surface area contributed by atoms with Crippen molar-refractivity contribution in [1.29, 1.82) is 0 Å². The van der Waals surface area contributed by atoms with Gasteiger partial charge >= 0.3 is 0 Å². The van der Waals surface area contributed by atoms with E-state index in [9.17, 15) is 0 Å². The third kappa shape index (κ3) is 2.02. The smallest absolute Gasteiger partial charge is 0.162 e. The van der Waals surface area contributed by atoms with E-state index in [0.29, 0.717) is 12.0 Å². The zero-order chi connectivity index (χ0) is 11.7. The van der Waals surface area contributed by atoms with E-state index in [1.54, 1.807) is 0 Å². The maximum Gasteiger partial charge on any atom is 0.162 e. The molecule has 2 heterocycles. The summed E-state index contributed by atoms with van der Waals surface area (Å²) in [6.07, 6.45) is 1.22. The van der Waals surface area contributed by atoms with E-state index in [2.05, 4.69) is 51.5 Å². The van der Waals surface area contributed by atoms with Crippen LogP contribution in [0.5, 0.6) is 0 Å². The summed E-state index contributed by atoms with van der Waals surface area (Å²) in [5.74, 6) is 2.49. The second-order valence-corrected chi connectivity index (χ2v) is 5.19. The van der Waals surface area contributed by atoms with E-state index in [0.717, 1.165) is 30.0 Å². The highest BCUT2D eigenvalue weighted by Crippen LogP contribution is 2.34. The number of ether oxygens (including phenoxy) is 1. The predicted octanol–water partition coefficient (Wildman–Crippen LogP) is 2.85. The fraction of sp³-hybridized carbons (Fsp3) is 0.818. The van der Waals surface area contributed by atoms with Gasteiger partial charge in [0, 0.05) is 12.6 Å². The van der Waals surface area contributed by atoms with Crippen molar-refractivity contribution >= 4 is 15.9 Å². The number of alkyl halides is 1. The molecule has 0 aromatic carbocycles. The Balaban J connectivity index is 2.36. The highest BCUT2D eigenvalue weighted by Gasteiger charge is 2.31. The van der Waals surface area contributed by atoms with Crippen LogP contribution < -0.4 is 0 Å². The minimum absolute atomic E-state index is 0.114. The molecule has 4 nitrogen and oxygen atoms in total. The standard InChI is InChI=1S/C11H18BrN3O/c1-7(2)15-9(6-12)13-14-11(15)10-8(3)4-5-16-10/h7-8,10H,4-6H2,1-3H3. The maximum absolute atomic E-state index is 5.76. The molecule has 1 aromatic rings. The Hall–Kier alpha value is -0.420. The van der Waals surface area contributed by atoms with E-state index in [4.69, 9.17) is 4.74 Å². The SMILES string of the molecule is CC1CCOC1c1nnc(CBr)n1C(C)C. The summed E-state index contributed by atoms with van der Waals surface area (Å²) in [5, 5.41) is 9.26. The summed E-state index contributed by atoms with van der Waals surface area (Å²) in [6, 6.07) is 0.369. The Kier molecular flexibility index (Phi) is 3.64. The first-order chi connectivity index (χ1) is 7.65. The lowest BCUT2D eigenvalue weighted by Crippen LogP contribution is -2.15. The van der Waals surface area contributed by atoms with Crippen LogP contribution in [0.2, 0.25) is 0 Å². The molecule has 1 fully saturated rings. The number of aromatic nitrogens is 3. The van der Waals surface area contributed by atoms with E-state index >= 15 is 0 Å². The summed E-state index contributed by atoms with van der Waals surface area (Å²) in [6.45, 7) is 7.35. The van der Waals surface area contributed by atoms with Crippen molar-refractivity contribution in [2.45, 2.75) is 44.7 Å². The highest BCUT2D eigenvalue weighted by molar-refractivity contribution is 9.08. The Morgan fingerprint density at radius 1 is 1.50 bits per heavy atom. The molecule has 90 valence electrons. The first-order valence-electron chi connectivity index (χ1n) is 5.76. The van der Waals surface area contributed by atoms with Crippen LogP contribution in [0.25, 0.3) is 0 Å². The number of halogens is 1. The molecule has 0 amide bonds. The van der Waals surface area contributed by atoms with Crippen molar-refractivity contribution in [2.75, 3.05) is 6.61 Å². The molecule has 0 spiro atoms. The Morgan fingerprint density at radius 3 is 2.75 bits per heavy atom. The molecule has 0 bridgehead atoms. The van der Waals surface area contributed by atoms with Crippen LogP contribution in [0.4, 0.5) is 0 Å². The Bertz CT molecular complexity index is 364. The van der Waals surface area contributed by atoms with Crippen molar-refractivity contribution in [3.05, 3.63) is 11.6 Å². The lowest BCUT2D eigenvalue weighted by molar-refractivity contribution is 0.0829. The van der Waals surface area contributed by atoms with Gasteiger partial charge in [-0.25, -0.2) is 0 Å². The molecule has 1 aromatic heterocycles. The molecule has 2 rings (SSSR count). The number of hydrogen-bond donors (Lipinski definition) is 0. The van der Waals surface area contributed by atoms with Crippen LogP contribution in [0, 0.1) is 5.92 Å². The maximum atomic E-state index is 5.76. The van der Waals surface area contributed by atoms with Crippen LogP contribution >= 0.6 is 15.9 Å². The van der Waals surface area contributed by atoms with Crippen LogP contribution in [0.15, 0.2) is 0 Å². The van der Waals surface area contributed by atoms with Gasteiger partial charge < -0.3 is 9.30 Å². The molecule has 1 saturated heterocycles. The topological polar surface area (TPSA) is 39.9 Å². The Labute approximate surface area is 105 Å². The van der Waals surface area contributed by atoms with Gasteiger partial charge in [-0.2, -0.15) is 0 Å². The Morgan fingerprint density at radius 2 is 2.25 bits per heavy atom. The second-order valence-electron chi connectivity index (χ2n) is 4.63. The third-order valence-electron chi connectivity index (χ3n) is 3.07. The average Bonchev–Trinajstić information content (AvgIpc) is 2.82. The molecular formula is C11H18BrN3O. The van der Waals surface area contributed by atoms with Crippen molar-refractivity contribution in [3.8, 4) is 0 Å². The summed E-state index contributed by atoms with van der Waals surface area (Å²) in [7, 11) is 0. The third-order valence-corrected chi connectivity index (χ3v) is 3.57. The van der Waals surface area contributed by atoms with Crippen molar-refractivity contribution in [1.82, 2.24) is 14.8 Å². The molecule has 16 heavy (non-hydrogen) atoms. The van der Waals surface area contributed by atoms with Crippen LogP contribution in [-0.2, 0) is 10.1 Å². The van der Waals surface area contributed by atoms with Crippen LogP contribution in [0.1, 0.15) is 51.0 Å². The lowest BCUT2D eigenvalue weighted by atomic mass is 10.0. The molecule has 1 aliphatic rings. The van der Waals surface area contributed by atoms with E-state index < -0.39 is 0 Å². The molecule has 2 atom stereocenters. The van der Waals surface area contributed by atoms with Crippen LogP contribution in [-0.4, -0.2) is 21.4 Å². The summed E-state index contributed by atoms with van der Waals surface area (Å²) < 4.78 is 7.94. The fourth-order valence-electron chi connectivity index (χ4n) is 2.21. The van der Waals surface area contributed by atoms with Gasteiger partial charge in [-0.15, -0.1) is 10.2 Å². The molecule has 0 N–H and O–H groups in total. The zero-order valence-electron chi connectivity index (χ0n) is 9.98. The number of nitrogens with zero attached hydrogens (tertiary/aromatic N) is 3. The van der Waals surface area contributed by atoms with E-state index in [1.165, 1.54) is 0 Å². The zero-order valence-corrected chi connectivity index (χ0v) is 11.6. The number of rotatable bonds is 3. The minimum atomic E-state index is 0.114. The normalized spacial score (nSPS) is 25.6. The lowest BCUT2D eigenvalue weighted by Gasteiger charge is -2.18. The molecular weight excluding hydrogens is 270 g/mol. The van der Waals surface area contributed by atoms with Gasteiger partial charge in [-0.3, -0.25) is 0 Å². The number of hydrogen-bond acceptors (Lipinski definition) is 3. The van der Waals surface area contributed by atoms with E-state index in [-0.39, 0.29) is 6.10 Å². The first kappa shape index (κ1) is 12.0. The highest BCUT2D eigenvalue weighted by atomic mass is 79.9.